The summed E-state index contributed by atoms with van der Waals surface area (Å²) in [4.78, 5) is 0. The number of hydrogen-bond acceptors (Lipinski definition) is 3. The molecule has 0 aromatic carbocycles. The lowest BCUT2D eigenvalue weighted by atomic mass is 10.0. The van der Waals surface area contributed by atoms with Crippen molar-refractivity contribution in [1.82, 2.24) is 5.32 Å². The average molecular weight is 304 g/mol. The van der Waals surface area contributed by atoms with Gasteiger partial charge in [0.05, 0.1) is 9.89 Å². The third-order valence-corrected chi connectivity index (χ3v) is 4.80. The Morgan fingerprint density at radius 3 is 2.88 bits per heavy atom. The van der Waals surface area contributed by atoms with E-state index in [4.69, 9.17) is 0 Å². The quantitative estimate of drug-likeness (QED) is 0.876. The summed E-state index contributed by atoms with van der Waals surface area (Å²) in [6, 6.07) is 2.12. The van der Waals surface area contributed by atoms with E-state index >= 15 is 0 Å². The van der Waals surface area contributed by atoms with E-state index in [2.05, 4.69) is 32.7 Å². The fraction of sp³-hybridized carbons (Fsp3) is 0.667. The molecule has 16 heavy (non-hydrogen) atoms. The molecule has 4 heteroatoms. The smallest absolute Gasteiger partial charge is 0.0701 e. The Bertz CT molecular complexity index is 323. The Morgan fingerprint density at radius 1 is 1.50 bits per heavy atom. The summed E-state index contributed by atoms with van der Waals surface area (Å²) in [7, 11) is 0. The molecule has 1 aliphatic rings. The highest BCUT2D eigenvalue weighted by Gasteiger charge is 2.22. The van der Waals surface area contributed by atoms with Crippen LogP contribution in [0.4, 0.5) is 0 Å². The molecule has 1 unspecified atom stereocenters. The number of halogens is 1. The molecule has 1 aromatic heterocycles. The van der Waals surface area contributed by atoms with Gasteiger partial charge in [-0.25, -0.2) is 0 Å². The molecule has 0 amide bonds. The SMILES string of the molecule is OC(CNCc1csc(Br)c1)C1CCCC1. The van der Waals surface area contributed by atoms with Crippen LogP contribution in [0.1, 0.15) is 31.2 Å². The van der Waals surface area contributed by atoms with Gasteiger partial charge in [0.1, 0.15) is 0 Å². The Kier molecular flexibility index (Phi) is 4.82. The third-order valence-electron chi connectivity index (χ3n) is 3.25. The van der Waals surface area contributed by atoms with E-state index in [9.17, 15) is 5.11 Å². The van der Waals surface area contributed by atoms with Crippen molar-refractivity contribution in [2.45, 2.75) is 38.3 Å². The molecule has 2 rings (SSSR count). The number of nitrogens with one attached hydrogen (secondary N) is 1. The predicted octanol–water partition coefficient (Wildman–Crippen LogP) is 3.15. The molecular weight excluding hydrogens is 286 g/mol. The molecule has 1 aliphatic carbocycles. The Labute approximate surface area is 109 Å². The van der Waals surface area contributed by atoms with Gasteiger partial charge in [0, 0.05) is 13.1 Å². The maximum absolute atomic E-state index is 9.96. The van der Waals surface area contributed by atoms with Gasteiger partial charge < -0.3 is 10.4 Å². The summed E-state index contributed by atoms with van der Waals surface area (Å²) in [5.74, 6) is 0.529. The maximum atomic E-state index is 9.96. The van der Waals surface area contributed by atoms with Crippen molar-refractivity contribution in [3.8, 4) is 0 Å². The van der Waals surface area contributed by atoms with Crippen molar-refractivity contribution in [2.75, 3.05) is 6.54 Å². The summed E-state index contributed by atoms with van der Waals surface area (Å²) in [5, 5.41) is 15.4. The lowest BCUT2D eigenvalue weighted by Gasteiger charge is -2.17. The monoisotopic (exact) mass is 303 g/mol. The van der Waals surface area contributed by atoms with Crippen LogP contribution in [-0.4, -0.2) is 17.8 Å². The third kappa shape index (κ3) is 3.55. The van der Waals surface area contributed by atoms with E-state index in [0.717, 1.165) is 13.1 Å². The van der Waals surface area contributed by atoms with E-state index in [0.29, 0.717) is 5.92 Å². The van der Waals surface area contributed by atoms with Gasteiger partial charge >= 0.3 is 0 Å². The van der Waals surface area contributed by atoms with Crippen LogP contribution in [0.25, 0.3) is 0 Å². The minimum atomic E-state index is -0.162. The second-order valence-electron chi connectivity index (χ2n) is 4.50. The molecular formula is C12H18BrNOS. The Balaban J connectivity index is 1.67. The molecule has 1 heterocycles. The number of aliphatic hydroxyl groups is 1. The van der Waals surface area contributed by atoms with E-state index in [1.165, 1.54) is 35.0 Å². The first-order valence-corrected chi connectivity index (χ1v) is 7.54. The molecule has 1 fully saturated rings. The van der Waals surface area contributed by atoms with Gasteiger partial charge in [-0.05, 0) is 51.7 Å². The van der Waals surface area contributed by atoms with Crippen molar-refractivity contribution >= 4 is 27.3 Å². The van der Waals surface area contributed by atoms with E-state index in [1.807, 2.05) is 0 Å². The minimum Gasteiger partial charge on any atom is -0.392 e. The zero-order valence-corrected chi connectivity index (χ0v) is 11.7. The molecule has 0 bridgehead atoms. The van der Waals surface area contributed by atoms with Crippen LogP contribution >= 0.6 is 27.3 Å². The highest BCUT2D eigenvalue weighted by Crippen LogP contribution is 2.27. The highest BCUT2D eigenvalue weighted by molar-refractivity contribution is 9.11. The number of hydrogen-bond donors (Lipinski definition) is 2. The molecule has 1 aromatic rings. The first-order valence-electron chi connectivity index (χ1n) is 5.87. The van der Waals surface area contributed by atoms with Crippen LogP contribution in [0.2, 0.25) is 0 Å². The lowest BCUT2D eigenvalue weighted by molar-refractivity contribution is 0.109. The summed E-state index contributed by atoms with van der Waals surface area (Å²) >= 11 is 5.15. The van der Waals surface area contributed by atoms with Crippen LogP contribution in [0.15, 0.2) is 15.2 Å². The predicted molar refractivity (Wildman–Crippen MR) is 71.7 cm³/mol. The molecule has 1 atom stereocenters. The molecule has 0 radical (unpaired) electrons. The van der Waals surface area contributed by atoms with Gasteiger partial charge in [0.2, 0.25) is 0 Å². The molecule has 2 N–H and O–H groups in total. The molecule has 90 valence electrons. The second-order valence-corrected chi connectivity index (χ2v) is 6.79. The van der Waals surface area contributed by atoms with Crippen LogP contribution in [0.3, 0.4) is 0 Å². The van der Waals surface area contributed by atoms with Crippen molar-refractivity contribution < 1.29 is 5.11 Å². The number of rotatable bonds is 5. The molecule has 0 aliphatic heterocycles. The largest absolute Gasteiger partial charge is 0.392 e. The number of thiophene rings is 1. The maximum Gasteiger partial charge on any atom is 0.0701 e. The summed E-state index contributed by atoms with van der Waals surface area (Å²) < 4.78 is 1.17. The fourth-order valence-electron chi connectivity index (χ4n) is 2.31. The Morgan fingerprint density at radius 2 is 2.25 bits per heavy atom. The zero-order valence-electron chi connectivity index (χ0n) is 9.29. The summed E-state index contributed by atoms with van der Waals surface area (Å²) in [6.45, 7) is 1.57. The lowest BCUT2D eigenvalue weighted by Crippen LogP contribution is -2.31. The molecule has 1 saturated carbocycles. The first-order chi connectivity index (χ1) is 7.75. The normalized spacial score (nSPS) is 19.1. The van der Waals surface area contributed by atoms with Crippen molar-refractivity contribution in [3.63, 3.8) is 0 Å². The van der Waals surface area contributed by atoms with Gasteiger partial charge in [-0.2, -0.15) is 0 Å². The van der Waals surface area contributed by atoms with Gasteiger partial charge in [-0.3, -0.25) is 0 Å². The highest BCUT2D eigenvalue weighted by atomic mass is 79.9. The zero-order chi connectivity index (χ0) is 11.4. The van der Waals surface area contributed by atoms with E-state index in [-0.39, 0.29) is 6.10 Å². The van der Waals surface area contributed by atoms with Crippen molar-refractivity contribution in [2.24, 2.45) is 5.92 Å². The van der Waals surface area contributed by atoms with Gasteiger partial charge in [0.15, 0.2) is 0 Å². The minimum absolute atomic E-state index is 0.162. The summed E-state index contributed by atoms with van der Waals surface area (Å²) in [5.41, 5.74) is 1.29. The van der Waals surface area contributed by atoms with Gasteiger partial charge in [-0.15, -0.1) is 11.3 Å². The van der Waals surface area contributed by atoms with Gasteiger partial charge in [-0.1, -0.05) is 12.8 Å². The topological polar surface area (TPSA) is 32.3 Å². The van der Waals surface area contributed by atoms with Crippen LogP contribution in [-0.2, 0) is 6.54 Å². The van der Waals surface area contributed by atoms with Gasteiger partial charge in [0.25, 0.3) is 0 Å². The average Bonchev–Trinajstić information content (AvgIpc) is 2.89. The standard InChI is InChI=1S/C12H18BrNOS/c13-12-5-9(8-16-12)6-14-7-11(15)10-3-1-2-4-10/h5,8,10-11,14-15H,1-4,6-7H2. The fourth-order valence-corrected chi connectivity index (χ4v) is 3.52. The van der Waals surface area contributed by atoms with Crippen LogP contribution in [0.5, 0.6) is 0 Å². The Hall–Kier alpha value is 0.100. The molecule has 0 spiro atoms. The second kappa shape index (κ2) is 6.15. The molecule has 0 saturated heterocycles. The molecule has 2 nitrogen and oxygen atoms in total. The summed E-state index contributed by atoms with van der Waals surface area (Å²) in [6.07, 6.45) is 4.82. The van der Waals surface area contributed by atoms with E-state index < -0.39 is 0 Å². The number of aliphatic hydroxyl groups excluding tert-OH is 1. The van der Waals surface area contributed by atoms with Crippen LogP contribution in [0, 0.1) is 5.92 Å². The van der Waals surface area contributed by atoms with E-state index in [1.54, 1.807) is 11.3 Å². The van der Waals surface area contributed by atoms with Crippen molar-refractivity contribution in [1.29, 1.82) is 0 Å². The van der Waals surface area contributed by atoms with Crippen LogP contribution < -0.4 is 5.32 Å². The van der Waals surface area contributed by atoms with Crippen molar-refractivity contribution in [3.05, 3.63) is 20.8 Å². The first kappa shape index (κ1) is 12.6.